The summed E-state index contributed by atoms with van der Waals surface area (Å²) in [5.74, 6) is -0.379. The lowest BCUT2D eigenvalue weighted by Gasteiger charge is -2.21. The van der Waals surface area contributed by atoms with Crippen LogP contribution in [0.15, 0.2) is 36.5 Å². The van der Waals surface area contributed by atoms with E-state index in [1.165, 1.54) is 32.4 Å². The zero-order chi connectivity index (χ0) is 21.3. The van der Waals surface area contributed by atoms with Gasteiger partial charge >= 0.3 is 6.18 Å². The van der Waals surface area contributed by atoms with Crippen LogP contribution in [0.5, 0.6) is 5.75 Å². The Morgan fingerprint density at radius 2 is 1.97 bits per heavy atom. The van der Waals surface area contributed by atoms with Crippen LogP contribution >= 0.6 is 0 Å². The molecule has 1 aromatic carbocycles. The van der Waals surface area contributed by atoms with Gasteiger partial charge in [0.2, 0.25) is 0 Å². The molecule has 1 saturated carbocycles. The second-order valence-electron chi connectivity index (χ2n) is 7.37. The monoisotopic (exact) mass is 418 g/mol. The first-order chi connectivity index (χ1) is 14.3. The number of halogens is 3. The number of amides is 1. The summed E-state index contributed by atoms with van der Waals surface area (Å²) in [5.41, 5.74) is -0.374. The van der Waals surface area contributed by atoms with Crippen molar-refractivity contribution in [3.8, 4) is 5.75 Å². The third-order valence-corrected chi connectivity index (χ3v) is 5.31. The average Bonchev–Trinajstić information content (AvgIpc) is 3.16. The Balaban J connectivity index is 1.62. The van der Waals surface area contributed by atoms with Gasteiger partial charge in [0.15, 0.2) is 0 Å². The van der Waals surface area contributed by atoms with Crippen molar-refractivity contribution in [3.05, 3.63) is 47.9 Å². The number of nitrogens with one attached hydrogen (secondary N) is 1. The smallest absolute Gasteiger partial charge is 0.433 e. The van der Waals surface area contributed by atoms with Gasteiger partial charge in [-0.05, 0) is 31.0 Å². The summed E-state index contributed by atoms with van der Waals surface area (Å²) in [6.07, 6.45) is 3.06. The summed E-state index contributed by atoms with van der Waals surface area (Å²) in [6, 6.07) is 6.99. The van der Waals surface area contributed by atoms with E-state index in [1.54, 1.807) is 12.1 Å². The summed E-state index contributed by atoms with van der Waals surface area (Å²) in [5, 5.41) is 8.07. The number of pyridine rings is 1. The summed E-state index contributed by atoms with van der Waals surface area (Å²) in [7, 11) is 1.46. The van der Waals surface area contributed by atoms with E-state index in [4.69, 9.17) is 4.74 Å². The largest absolute Gasteiger partial charge is 0.494 e. The molecule has 1 aliphatic rings. The van der Waals surface area contributed by atoms with Crippen LogP contribution in [0.1, 0.15) is 54.3 Å². The number of methoxy groups -OCH3 is 1. The lowest BCUT2D eigenvalue weighted by molar-refractivity contribution is -0.141. The van der Waals surface area contributed by atoms with Crippen molar-refractivity contribution >= 4 is 22.5 Å². The molecule has 0 unspecified atom stereocenters. The number of hydrogen-bond donors (Lipinski definition) is 1. The summed E-state index contributed by atoms with van der Waals surface area (Å²) in [6.45, 7) is 0. The molecule has 9 heteroatoms. The first-order valence-corrected chi connectivity index (χ1v) is 9.77. The van der Waals surface area contributed by atoms with Crippen LogP contribution in [0.25, 0.3) is 10.9 Å². The minimum absolute atomic E-state index is 0.329. The molecular weight excluding hydrogens is 397 g/mol. The molecule has 1 amide bonds. The van der Waals surface area contributed by atoms with Crippen molar-refractivity contribution in [2.45, 2.75) is 44.3 Å². The van der Waals surface area contributed by atoms with Gasteiger partial charge in [-0.25, -0.2) is 4.98 Å². The zero-order valence-electron chi connectivity index (χ0n) is 16.4. The minimum atomic E-state index is -4.62. The molecule has 0 bridgehead atoms. The van der Waals surface area contributed by atoms with Gasteiger partial charge in [0.25, 0.3) is 5.91 Å². The van der Waals surface area contributed by atoms with Crippen LogP contribution in [-0.4, -0.2) is 27.8 Å². The van der Waals surface area contributed by atoms with Crippen molar-refractivity contribution < 1.29 is 22.7 Å². The Kier molecular flexibility index (Phi) is 5.36. The Hall–Kier alpha value is -3.10. The number of carbonyl (C=O) groups is 1. The molecule has 4 rings (SSSR count). The van der Waals surface area contributed by atoms with Crippen molar-refractivity contribution in [1.29, 1.82) is 0 Å². The highest BCUT2D eigenvalue weighted by Crippen LogP contribution is 2.33. The molecule has 0 saturated heterocycles. The molecule has 158 valence electrons. The molecule has 1 aliphatic carbocycles. The minimum Gasteiger partial charge on any atom is -0.494 e. The topological polar surface area (TPSA) is 69.0 Å². The Bertz CT molecular complexity index is 1070. The van der Waals surface area contributed by atoms with Gasteiger partial charge in [-0.1, -0.05) is 25.3 Å². The number of carbonyl (C=O) groups excluding carboxylic acids is 1. The third kappa shape index (κ3) is 4.10. The van der Waals surface area contributed by atoms with Crippen LogP contribution in [0.3, 0.4) is 0 Å². The maximum absolute atomic E-state index is 12.9. The Morgan fingerprint density at radius 1 is 1.20 bits per heavy atom. The summed E-state index contributed by atoms with van der Waals surface area (Å²) >= 11 is 0. The van der Waals surface area contributed by atoms with Crippen molar-refractivity contribution in [2.75, 3.05) is 12.4 Å². The van der Waals surface area contributed by atoms with Gasteiger partial charge in [-0.3, -0.25) is 9.48 Å². The number of aromatic nitrogens is 3. The molecule has 30 heavy (non-hydrogen) atoms. The fraction of sp³-hybridized carbons (Fsp3) is 0.381. The van der Waals surface area contributed by atoms with Gasteiger partial charge in [0.05, 0.1) is 24.4 Å². The third-order valence-electron chi connectivity index (χ3n) is 5.31. The van der Waals surface area contributed by atoms with Crippen LogP contribution in [0, 0.1) is 0 Å². The summed E-state index contributed by atoms with van der Waals surface area (Å²) < 4.78 is 46.0. The molecule has 0 radical (unpaired) electrons. The lowest BCUT2D eigenvalue weighted by Crippen LogP contribution is -2.17. The molecule has 2 aromatic heterocycles. The summed E-state index contributed by atoms with van der Waals surface area (Å²) in [4.78, 5) is 16.0. The lowest BCUT2D eigenvalue weighted by atomic mass is 9.96. The number of fused-ring (bicyclic) bond motifs is 1. The molecule has 0 spiro atoms. The highest BCUT2D eigenvalue weighted by atomic mass is 19.4. The van der Waals surface area contributed by atoms with Crippen LogP contribution < -0.4 is 10.1 Å². The number of nitrogens with zero attached hydrogens (tertiary/aromatic N) is 3. The second-order valence-corrected chi connectivity index (χ2v) is 7.37. The molecule has 0 atom stereocenters. The van der Waals surface area contributed by atoms with Crippen molar-refractivity contribution in [1.82, 2.24) is 14.8 Å². The average molecular weight is 418 g/mol. The van der Waals surface area contributed by atoms with Crippen molar-refractivity contribution in [2.24, 2.45) is 0 Å². The van der Waals surface area contributed by atoms with Gasteiger partial charge in [-0.2, -0.15) is 18.3 Å². The Morgan fingerprint density at radius 3 is 2.67 bits per heavy atom. The number of ether oxygens (including phenoxy) is 1. The first-order valence-electron chi connectivity index (χ1n) is 9.77. The van der Waals surface area contributed by atoms with E-state index in [9.17, 15) is 18.0 Å². The van der Waals surface area contributed by atoms with E-state index in [2.05, 4.69) is 15.4 Å². The number of benzene rings is 1. The maximum Gasteiger partial charge on any atom is 0.433 e. The van der Waals surface area contributed by atoms with Gasteiger partial charge in [0, 0.05) is 17.6 Å². The highest BCUT2D eigenvalue weighted by molar-refractivity contribution is 6.05. The number of alkyl halides is 3. The standard InChI is InChI=1S/C21H21F3N4O2/c1-30-18-11-16-13(12-28(27-16)14-6-3-2-4-7-14)10-17(18)26-20(29)15-8-5-9-19(25-15)21(22,23)24/h5,8-12,14H,2-4,6-7H2,1H3,(H,26,29). The van der Waals surface area contributed by atoms with E-state index in [-0.39, 0.29) is 5.69 Å². The predicted octanol–water partition coefficient (Wildman–Crippen LogP) is 5.22. The fourth-order valence-electron chi connectivity index (χ4n) is 3.78. The molecule has 6 nitrogen and oxygen atoms in total. The predicted molar refractivity (Wildman–Crippen MR) is 106 cm³/mol. The number of hydrogen-bond acceptors (Lipinski definition) is 4. The van der Waals surface area contributed by atoms with E-state index in [0.717, 1.165) is 35.9 Å². The maximum atomic E-state index is 12.9. The van der Waals surface area contributed by atoms with Gasteiger partial charge in [-0.15, -0.1) is 0 Å². The van der Waals surface area contributed by atoms with Gasteiger partial charge < -0.3 is 10.1 Å². The van der Waals surface area contributed by atoms with Crippen molar-refractivity contribution in [3.63, 3.8) is 0 Å². The first kappa shape index (κ1) is 20.2. The molecule has 2 heterocycles. The number of rotatable bonds is 4. The normalized spacial score (nSPS) is 15.3. The quantitative estimate of drug-likeness (QED) is 0.631. The zero-order valence-corrected chi connectivity index (χ0v) is 16.4. The van der Waals surface area contributed by atoms with E-state index < -0.39 is 17.8 Å². The van der Waals surface area contributed by atoms with E-state index in [0.29, 0.717) is 17.5 Å². The van der Waals surface area contributed by atoms with Gasteiger partial charge in [0.1, 0.15) is 17.1 Å². The second kappa shape index (κ2) is 7.97. The molecule has 3 aromatic rings. The molecule has 1 N–H and O–H groups in total. The SMILES string of the molecule is COc1cc2nn(C3CCCCC3)cc2cc1NC(=O)c1cccc(C(F)(F)F)n1. The van der Waals surface area contributed by atoms with Crippen LogP contribution in [-0.2, 0) is 6.18 Å². The van der Waals surface area contributed by atoms with E-state index >= 15 is 0 Å². The molecule has 0 aliphatic heterocycles. The van der Waals surface area contributed by atoms with Crippen LogP contribution in [0.2, 0.25) is 0 Å². The highest BCUT2D eigenvalue weighted by Gasteiger charge is 2.33. The fourth-order valence-corrected chi connectivity index (χ4v) is 3.78. The molecular formula is C21H21F3N4O2. The number of anilines is 1. The van der Waals surface area contributed by atoms with Crippen LogP contribution in [0.4, 0.5) is 18.9 Å². The van der Waals surface area contributed by atoms with E-state index in [1.807, 2.05) is 10.9 Å². The molecule has 1 fully saturated rings. The Labute approximate surface area is 171 Å².